The molecule has 3 rings (SSSR count). The molecular formula is C22H31N2O3+. The molecule has 146 valence electrons. The van der Waals surface area contributed by atoms with Gasteiger partial charge < -0.3 is 24.0 Å². The molecule has 0 amide bonds. The van der Waals surface area contributed by atoms with Gasteiger partial charge in [-0.2, -0.15) is 0 Å². The van der Waals surface area contributed by atoms with E-state index in [1.807, 2.05) is 19.1 Å². The third-order valence-corrected chi connectivity index (χ3v) is 5.28. The highest BCUT2D eigenvalue weighted by Gasteiger charge is 2.24. The molecule has 1 N–H and O–H groups in total. The summed E-state index contributed by atoms with van der Waals surface area (Å²) in [7, 11) is 3.44. The second-order valence-corrected chi connectivity index (χ2v) is 6.90. The van der Waals surface area contributed by atoms with Gasteiger partial charge in [-0.3, -0.25) is 0 Å². The van der Waals surface area contributed by atoms with Gasteiger partial charge in [-0.25, -0.2) is 0 Å². The number of benzene rings is 2. The fourth-order valence-corrected chi connectivity index (χ4v) is 3.88. The van der Waals surface area contributed by atoms with Gasteiger partial charge in [0.15, 0.2) is 0 Å². The molecule has 0 atom stereocenters. The van der Waals surface area contributed by atoms with Gasteiger partial charge in [-0.1, -0.05) is 12.1 Å². The van der Waals surface area contributed by atoms with E-state index in [4.69, 9.17) is 14.2 Å². The van der Waals surface area contributed by atoms with Crippen molar-refractivity contribution >= 4 is 5.69 Å². The predicted octanol–water partition coefficient (Wildman–Crippen LogP) is 2.32. The molecule has 1 aliphatic rings. The Morgan fingerprint density at radius 1 is 0.963 bits per heavy atom. The minimum atomic E-state index is 0.693. The first-order valence-corrected chi connectivity index (χ1v) is 9.68. The fraction of sp³-hybridized carbons (Fsp3) is 0.455. The summed E-state index contributed by atoms with van der Waals surface area (Å²) in [6, 6.07) is 12.5. The number of anilines is 1. The van der Waals surface area contributed by atoms with Crippen molar-refractivity contribution < 1.29 is 19.1 Å². The minimum absolute atomic E-state index is 0.693. The lowest BCUT2D eigenvalue weighted by Crippen LogP contribution is -3.13. The SMILES string of the molecule is CCOc1ccccc1N1CC[NH+](Cc2ccc(OC)c(C)c2OC)CC1. The van der Waals surface area contributed by atoms with Crippen LogP contribution in [0.3, 0.4) is 0 Å². The number of hydrogen-bond acceptors (Lipinski definition) is 4. The molecule has 1 aliphatic heterocycles. The highest BCUT2D eigenvalue weighted by Crippen LogP contribution is 2.31. The van der Waals surface area contributed by atoms with Gasteiger partial charge in [-0.05, 0) is 38.1 Å². The molecule has 0 saturated carbocycles. The Bertz CT molecular complexity index is 755. The molecule has 0 radical (unpaired) electrons. The molecule has 1 fully saturated rings. The normalized spacial score (nSPS) is 14.9. The number of nitrogens with one attached hydrogen (secondary N) is 1. The molecule has 2 aromatic rings. The molecule has 0 unspecified atom stereocenters. The summed E-state index contributed by atoms with van der Waals surface area (Å²) in [6.07, 6.45) is 0. The zero-order chi connectivity index (χ0) is 19.2. The van der Waals surface area contributed by atoms with E-state index in [9.17, 15) is 0 Å². The highest BCUT2D eigenvalue weighted by atomic mass is 16.5. The summed E-state index contributed by atoms with van der Waals surface area (Å²) in [4.78, 5) is 4.01. The predicted molar refractivity (Wildman–Crippen MR) is 109 cm³/mol. The summed E-state index contributed by atoms with van der Waals surface area (Å²) in [5, 5.41) is 0. The van der Waals surface area contributed by atoms with E-state index in [0.717, 1.165) is 55.5 Å². The molecule has 5 nitrogen and oxygen atoms in total. The van der Waals surface area contributed by atoms with Crippen molar-refractivity contribution in [3.8, 4) is 17.2 Å². The summed E-state index contributed by atoms with van der Waals surface area (Å²) < 4.78 is 16.9. The number of para-hydroxylation sites is 2. The van der Waals surface area contributed by atoms with Gasteiger partial charge in [0.25, 0.3) is 0 Å². The number of methoxy groups -OCH3 is 2. The summed E-state index contributed by atoms with van der Waals surface area (Å²) >= 11 is 0. The van der Waals surface area contributed by atoms with Crippen LogP contribution in [0.25, 0.3) is 0 Å². The molecule has 1 saturated heterocycles. The van der Waals surface area contributed by atoms with E-state index < -0.39 is 0 Å². The second kappa shape index (κ2) is 9.00. The first-order chi connectivity index (χ1) is 13.2. The standard InChI is InChI=1S/C22H30N2O3/c1-5-27-21-9-7-6-8-19(21)24-14-12-23(13-15-24)16-18-10-11-20(25-3)17(2)22(18)26-4/h6-11H,5,12-16H2,1-4H3/p+1. The van der Waals surface area contributed by atoms with Crippen LogP contribution in [0.2, 0.25) is 0 Å². The van der Waals surface area contributed by atoms with Crippen LogP contribution in [0, 0.1) is 6.92 Å². The zero-order valence-corrected chi connectivity index (χ0v) is 16.9. The van der Waals surface area contributed by atoms with E-state index in [1.54, 1.807) is 19.1 Å². The average Bonchev–Trinajstić information content (AvgIpc) is 2.70. The Balaban J connectivity index is 1.66. The Kier molecular flexibility index (Phi) is 6.45. The van der Waals surface area contributed by atoms with Crippen LogP contribution in [-0.2, 0) is 6.54 Å². The van der Waals surface area contributed by atoms with E-state index in [0.29, 0.717) is 6.61 Å². The van der Waals surface area contributed by atoms with Crippen molar-refractivity contribution in [3.63, 3.8) is 0 Å². The van der Waals surface area contributed by atoms with Gasteiger partial charge in [0.05, 0.1) is 52.7 Å². The lowest BCUT2D eigenvalue weighted by Gasteiger charge is -2.34. The van der Waals surface area contributed by atoms with Crippen LogP contribution in [0.5, 0.6) is 17.2 Å². The number of piperazine rings is 1. The van der Waals surface area contributed by atoms with Crippen LogP contribution in [0.15, 0.2) is 36.4 Å². The van der Waals surface area contributed by atoms with E-state index in [2.05, 4.69) is 36.1 Å². The lowest BCUT2D eigenvalue weighted by atomic mass is 10.1. The fourth-order valence-electron chi connectivity index (χ4n) is 3.88. The maximum Gasteiger partial charge on any atom is 0.142 e. The summed E-state index contributed by atoms with van der Waals surface area (Å²) in [5.74, 6) is 2.81. The first kappa shape index (κ1) is 19.4. The molecule has 0 aromatic heterocycles. The number of hydrogen-bond donors (Lipinski definition) is 1. The number of rotatable bonds is 7. The van der Waals surface area contributed by atoms with E-state index >= 15 is 0 Å². The molecule has 2 aromatic carbocycles. The third-order valence-electron chi connectivity index (χ3n) is 5.28. The molecule has 0 aliphatic carbocycles. The summed E-state index contributed by atoms with van der Waals surface area (Å²) in [5.41, 5.74) is 3.52. The largest absolute Gasteiger partial charge is 0.496 e. The van der Waals surface area contributed by atoms with Gasteiger partial charge in [0, 0.05) is 11.1 Å². The van der Waals surface area contributed by atoms with Crippen molar-refractivity contribution in [3.05, 3.63) is 47.5 Å². The van der Waals surface area contributed by atoms with Gasteiger partial charge >= 0.3 is 0 Å². The number of ether oxygens (including phenoxy) is 3. The van der Waals surface area contributed by atoms with Crippen molar-refractivity contribution in [1.82, 2.24) is 0 Å². The second-order valence-electron chi connectivity index (χ2n) is 6.90. The van der Waals surface area contributed by atoms with Crippen LogP contribution >= 0.6 is 0 Å². The first-order valence-electron chi connectivity index (χ1n) is 9.68. The number of nitrogens with zero attached hydrogens (tertiary/aromatic N) is 1. The Morgan fingerprint density at radius 2 is 1.70 bits per heavy atom. The maximum absolute atomic E-state index is 5.80. The van der Waals surface area contributed by atoms with Crippen LogP contribution in [-0.4, -0.2) is 47.0 Å². The Hall–Kier alpha value is -2.40. The molecule has 5 heteroatoms. The molecule has 0 bridgehead atoms. The zero-order valence-electron chi connectivity index (χ0n) is 16.9. The van der Waals surface area contributed by atoms with Crippen molar-refractivity contribution in [2.24, 2.45) is 0 Å². The van der Waals surface area contributed by atoms with E-state index in [-0.39, 0.29) is 0 Å². The monoisotopic (exact) mass is 371 g/mol. The van der Waals surface area contributed by atoms with Crippen molar-refractivity contribution in [1.29, 1.82) is 0 Å². The Labute approximate surface area is 162 Å². The quantitative estimate of drug-likeness (QED) is 0.810. The van der Waals surface area contributed by atoms with Crippen molar-refractivity contribution in [2.75, 3.05) is 51.9 Å². The van der Waals surface area contributed by atoms with Crippen LogP contribution in [0.4, 0.5) is 5.69 Å². The van der Waals surface area contributed by atoms with Gasteiger partial charge in [0.1, 0.15) is 23.8 Å². The van der Waals surface area contributed by atoms with Crippen LogP contribution < -0.4 is 24.0 Å². The minimum Gasteiger partial charge on any atom is -0.496 e. The van der Waals surface area contributed by atoms with Gasteiger partial charge in [-0.15, -0.1) is 0 Å². The number of quaternary nitrogens is 1. The maximum atomic E-state index is 5.80. The highest BCUT2D eigenvalue weighted by molar-refractivity contribution is 5.58. The molecule has 0 spiro atoms. The average molecular weight is 372 g/mol. The van der Waals surface area contributed by atoms with Crippen LogP contribution in [0.1, 0.15) is 18.1 Å². The van der Waals surface area contributed by atoms with E-state index in [1.165, 1.54) is 11.3 Å². The smallest absolute Gasteiger partial charge is 0.142 e. The lowest BCUT2D eigenvalue weighted by molar-refractivity contribution is -0.914. The molecule has 1 heterocycles. The summed E-state index contributed by atoms with van der Waals surface area (Å²) in [6.45, 7) is 9.98. The topological polar surface area (TPSA) is 35.4 Å². The van der Waals surface area contributed by atoms with Crippen molar-refractivity contribution in [2.45, 2.75) is 20.4 Å². The van der Waals surface area contributed by atoms with Gasteiger partial charge in [0.2, 0.25) is 0 Å². The molecular weight excluding hydrogens is 340 g/mol. The third kappa shape index (κ3) is 4.30. The molecule has 27 heavy (non-hydrogen) atoms. The Morgan fingerprint density at radius 3 is 2.37 bits per heavy atom.